The Morgan fingerprint density at radius 2 is 1.32 bits per heavy atom. The summed E-state index contributed by atoms with van der Waals surface area (Å²) in [5.41, 5.74) is 4.05. The summed E-state index contributed by atoms with van der Waals surface area (Å²) < 4.78 is 6.28. The summed E-state index contributed by atoms with van der Waals surface area (Å²) in [5.74, 6) is 0.285. The van der Waals surface area contributed by atoms with Crippen LogP contribution < -0.4 is 5.32 Å². The van der Waals surface area contributed by atoms with Crippen molar-refractivity contribution in [3.63, 3.8) is 0 Å². The van der Waals surface area contributed by atoms with E-state index in [1.807, 2.05) is 0 Å². The number of rotatable bonds is 7. The molecule has 0 saturated carbocycles. The van der Waals surface area contributed by atoms with E-state index in [1.165, 1.54) is 16.7 Å². The predicted molar refractivity (Wildman–Crippen MR) is 118 cm³/mol. The third-order valence-corrected chi connectivity index (χ3v) is 5.41. The van der Waals surface area contributed by atoms with Crippen LogP contribution in [0.4, 0.5) is 0 Å². The van der Waals surface area contributed by atoms with E-state index in [0.29, 0.717) is 6.04 Å². The van der Waals surface area contributed by atoms with Gasteiger partial charge in [0, 0.05) is 12.0 Å². The molecule has 0 unspecified atom stereocenters. The minimum absolute atomic E-state index is 0. The molecule has 3 aromatic carbocycles. The summed E-state index contributed by atoms with van der Waals surface area (Å²) in [4.78, 5) is 0. The minimum Gasteiger partial charge on any atom is -0.376 e. The SMILES string of the molecule is Cl.c1ccc(CCN[C@@H]2CO[C@H](C(c3ccccc3)c3ccccc3)C2)cc1. The summed E-state index contributed by atoms with van der Waals surface area (Å²) in [6.07, 6.45) is 2.32. The molecule has 146 valence electrons. The molecule has 0 bridgehead atoms. The number of ether oxygens (including phenoxy) is 1. The van der Waals surface area contributed by atoms with Gasteiger partial charge >= 0.3 is 0 Å². The molecule has 0 amide bonds. The zero-order valence-corrected chi connectivity index (χ0v) is 16.9. The minimum atomic E-state index is 0. The second-order valence-corrected chi connectivity index (χ2v) is 7.29. The molecule has 2 atom stereocenters. The average Bonchev–Trinajstić information content (AvgIpc) is 3.19. The van der Waals surface area contributed by atoms with Crippen LogP contribution in [0.2, 0.25) is 0 Å². The van der Waals surface area contributed by atoms with Gasteiger partial charge in [-0.25, -0.2) is 0 Å². The highest BCUT2D eigenvalue weighted by Crippen LogP contribution is 2.34. The molecule has 0 radical (unpaired) electrons. The molecule has 28 heavy (non-hydrogen) atoms. The van der Waals surface area contributed by atoms with Crippen LogP contribution in [0.5, 0.6) is 0 Å². The highest BCUT2D eigenvalue weighted by molar-refractivity contribution is 5.85. The number of nitrogens with one attached hydrogen (secondary N) is 1. The lowest BCUT2D eigenvalue weighted by molar-refractivity contribution is 0.0960. The van der Waals surface area contributed by atoms with Gasteiger partial charge in [-0.05, 0) is 36.1 Å². The van der Waals surface area contributed by atoms with Crippen LogP contribution in [0.3, 0.4) is 0 Å². The standard InChI is InChI=1S/C25H27NO.ClH/c1-4-10-20(11-5-1)16-17-26-23-18-24(27-19-23)25(21-12-6-2-7-13-21)22-14-8-3-9-15-22;/h1-15,23-26H,16-19H2;1H/t23-,24-;/m0./s1. The first-order valence-electron chi connectivity index (χ1n) is 9.89. The van der Waals surface area contributed by atoms with Crippen LogP contribution in [0.1, 0.15) is 29.0 Å². The zero-order valence-electron chi connectivity index (χ0n) is 16.0. The van der Waals surface area contributed by atoms with Gasteiger partial charge in [0.25, 0.3) is 0 Å². The van der Waals surface area contributed by atoms with Gasteiger partial charge in [-0.3, -0.25) is 0 Å². The van der Waals surface area contributed by atoms with Gasteiger partial charge < -0.3 is 10.1 Å². The first kappa shape index (κ1) is 20.6. The number of benzene rings is 3. The molecule has 0 spiro atoms. The molecule has 3 aromatic rings. The van der Waals surface area contributed by atoms with Crippen molar-refractivity contribution >= 4 is 12.4 Å². The molecular formula is C25H28ClNO. The van der Waals surface area contributed by atoms with Crippen molar-refractivity contribution in [3.05, 3.63) is 108 Å². The molecule has 1 aliphatic rings. The van der Waals surface area contributed by atoms with E-state index >= 15 is 0 Å². The molecule has 1 fully saturated rings. The van der Waals surface area contributed by atoms with Crippen molar-refractivity contribution < 1.29 is 4.74 Å². The van der Waals surface area contributed by atoms with Crippen molar-refractivity contribution in [1.29, 1.82) is 0 Å². The molecule has 1 saturated heterocycles. The maximum absolute atomic E-state index is 6.28. The monoisotopic (exact) mass is 393 g/mol. The Kier molecular flexibility index (Phi) is 7.67. The van der Waals surface area contributed by atoms with E-state index < -0.39 is 0 Å². The molecule has 3 heteroatoms. The molecule has 0 aliphatic carbocycles. The van der Waals surface area contributed by atoms with Crippen molar-refractivity contribution in [2.24, 2.45) is 0 Å². The molecular weight excluding hydrogens is 366 g/mol. The van der Waals surface area contributed by atoms with E-state index in [9.17, 15) is 0 Å². The van der Waals surface area contributed by atoms with E-state index in [-0.39, 0.29) is 24.4 Å². The molecule has 1 heterocycles. The summed E-state index contributed by atoms with van der Waals surface area (Å²) in [7, 11) is 0. The fraction of sp³-hybridized carbons (Fsp3) is 0.280. The highest BCUT2D eigenvalue weighted by Gasteiger charge is 2.33. The summed E-state index contributed by atoms with van der Waals surface area (Å²) in [5, 5.41) is 3.69. The summed E-state index contributed by atoms with van der Waals surface area (Å²) >= 11 is 0. The summed E-state index contributed by atoms with van der Waals surface area (Å²) in [6.45, 7) is 1.78. The van der Waals surface area contributed by atoms with Crippen molar-refractivity contribution in [2.45, 2.75) is 30.9 Å². The average molecular weight is 394 g/mol. The quantitative estimate of drug-likeness (QED) is 0.593. The second kappa shape index (κ2) is 10.4. The predicted octanol–water partition coefficient (Wildman–Crippen LogP) is 5.23. The third-order valence-electron chi connectivity index (χ3n) is 5.41. The van der Waals surface area contributed by atoms with Crippen molar-refractivity contribution in [1.82, 2.24) is 5.32 Å². The molecule has 0 aromatic heterocycles. The Morgan fingerprint density at radius 3 is 1.89 bits per heavy atom. The normalized spacial score (nSPS) is 18.8. The Labute approximate surface area is 174 Å². The van der Waals surface area contributed by atoms with Crippen LogP contribution >= 0.6 is 12.4 Å². The largest absolute Gasteiger partial charge is 0.376 e. The Morgan fingerprint density at radius 1 is 0.786 bits per heavy atom. The van der Waals surface area contributed by atoms with Crippen LogP contribution in [0, 0.1) is 0 Å². The van der Waals surface area contributed by atoms with Crippen molar-refractivity contribution in [2.75, 3.05) is 13.2 Å². The van der Waals surface area contributed by atoms with E-state index in [2.05, 4.69) is 96.3 Å². The zero-order chi connectivity index (χ0) is 18.3. The molecule has 1 aliphatic heterocycles. The maximum atomic E-state index is 6.28. The van der Waals surface area contributed by atoms with E-state index in [4.69, 9.17) is 4.74 Å². The maximum Gasteiger partial charge on any atom is 0.0700 e. The number of hydrogen-bond donors (Lipinski definition) is 1. The Hall–Kier alpha value is -2.13. The summed E-state index contributed by atoms with van der Waals surface area (Å²) in [6, 6.07) is 32.6. The fourth-order valence-corrected chi connectivity index (χ4v) is 4.04. The van der Waals surface area contributed by atoms with Gasteiger partial charge in [-0.1, -0.05) is 91.0 Å². The molecule has 2 nitrogen and oxygen atoms in total. The lowest BCUT2D eigenvalue weighted by atomic mass is 9.85. The highest BCUT2D eigenvalue weighted by atomic mass is 35.5. The lowest BCUT2D eigenvalue weighted by Crippen LogP contribution is -2.31. The van der Waals surface area contributed by atoms with Gasteiger partial charge in [0.15, 0.2) is 0 Å². The molecule has 1 N–H and O–H groups in total. The van der Waals surface area contributed by atoms with Crippen molar-refractivity contribution in [3.8, 4) is 0 Å². The second-order valence-electron chi connectivity index (χ2n) is 7.29. The van der Waals surface area contributed by atoms with Gasteiger partial charge in [-0.15, -0.1) is 12.4 Å². The Bertz CT molecular complexity index is 770. The number of hydrogen-bond acceptors (Lipinski definition) is 2. The van der Waals surface area contributed by atoms with E-state index in [1.54, 1.807) is 0 Å². The Balaban J connectivity index is 0.00000225. The van der Waals surface area contributed by atoms with Crippen LogP contribution in [0.15, 0.2) is 91.0 Å². The van der Waals surface area contributed by atoms with E-state index in [0.717, 1.165) is 26.0 Å². The van der Waals surface area contributed by atoms with Gasteiger partial charge in [-0.2, -0.15) is 0 Å². The smallest absolute Gasteiger partial charge is 0.0700 e. The van der Waals surface area contributed by atoms with Gasteiger partial charge in [0.1, 0.15) is 0 Å². The lowest BCUT2D eigenvalue weighted by Gasteiger charge is -2.24. The first-order valence-corrected chi connectivity index (χ1v) is 9.89. The van der Waals surface area contributed by atoms with Crippen LogP contribution in [-0.2, 0) is 11.2 Å². The van der Waals surface area contributed by atoms with Gasteiger partial charge in [0.05, 0.1) is 12.7 Å². The third kappa shape index (κ3) is 5.23. The topological polar surface area (TPSA) is 21.3 Å². The van der Waals surface area contributed by atoms with Gasteiger partial charge in [0.2, 0.25) is 0 Å². The fourth-order valence-electron chi connectivity index (χ4n) is 4.04. The first-order chi connectivity index (χ1) is 13.4. The number of halogens is 1. The molecule has 4 rings (SSSR count). The van der Waals surface area contributed by atoms with Crippen LogP contribution in [-0.4, -0.2) is 25.3 Å². The van der Waals surface area contributed by atoms with Crippen LogP contribution in [0.25, 0.3) is 0 Å².